The first kappa shape index (κ1) is 8.08. The van der Waals surface area contributed by atoms with E-state index in [1.54, 1.807) is 6.92 Å². The van der Waals surface area contributed by atoms with Crippen LogP contribution in [0.3, 0.4) is 0 Å². The molecule has 0 saturated heterocycles. The lowest BCUT2D eigenvalue weighted by atomic mass is 10.0. The zero-order chi connectivity index (χ0) is 8.43. The standard InChI is InChI=1S/C9H13NO/c1-6-8(7(2)11)4-3-5-9(6)10/h3-5,7,11H,10H2,1-2H3. The molecule has 0 saturated carbocycles. The summed E-state index contributed by atoms with van der Waals surface area (Å²) in [6.45, 7) is 3.65. The van der Waals surface area contributed by atoms with Gasteiger partial charge >= 0.3 is 0 Å². The van der Waals surface area contributed by atoms with Gasteiger partial charge in [-0.05, 0) is 31.0 Å². The van der Waals surface area contributed by atoms with Crippen LogP contribution in [-0.2, 0) is 0 Å². The highest BCUT2D eigenvalue weighted by Gasteiger charge is 2.05. The zero-order valence-electron chi connectivity index (χ0n) is 6.83. The number of anilines is 1. The van der Waals surface area contributed by atoms with E-state index in [0.717, 1.165) is 16.8 Å². The van der Waals surface area contributed by atoms with Crippen LogP contribution in [0.4, 0.5) is 5.69 Å². The lowest BCUT2D eigenvalue weighted by Crippen LogP contribution is -1.98. The van der Waals surface area contributed by atoms with Crippen LogP contribution in [0.25, 0.3) is 0 Å². The van der Waals surface area contributed by atoms with Gasteiger partial charge in [0.15, 0.2) is 0 Å². The Morgan fingerprint density at radius 2 is 2.09 bits per heavy atom. The highest BCUT2D eigenvalue weighted by Crippen LogP contribution is 2.21. The quantitative estimate of drug-likeness (QED) is 0.599. The van der Waals surface area contributed by atoms with E-state index in [0.29, 0.717) is 0 Å². The first-order valence-electron chi connectivity index (χ1n) is 3.66. The molecule has 0 aliphatic rings. The monoisotopic (exact) mass is 151 g/mol. The Balaban J connectivity index is 3.17. The summed E-state index contributed by atoms with van der Waals surface area (Å²) in [4.78, 5) is 0. The van der Waals surface area contributed by atoms with Crippen molar-refractivity contribution >= 4 is 5.69 Å². The Labute approximate surface area is 66.7 Å². The molecule has 0 heterocycles. The molecule has 0 aromatic heterocycles. The third-order valence-corrected chi connectivity index (χ3v) is 1.87. The van der Waals surface area contributed by atoms with E-state index < -0.39 is 6.10 Å². The van der Waals surface area contributed by atoms with E-state index in [9.17, 15) is 5.11 Å². The first-order valence-corrected chi connectivity index (χ1v) is 3.66. The fourth-order valence-electron chi connectivity index (χ4n) is 1.12. The van der Waals surface area contributed by atoms with Gasteiger partial charge in [0.25, 0.3) is 0 Å². The lowest BCUT2D eigenvalue weighted by molar-refractivity contribution is 0.198. The number of nitrogens with two attached hydrogens (primary N) is 1. The molecule has 0 spiro atoms. The van der Waals surface area contributed by atoms with Gasteiger partial charge in [-0.2, -0.15) is 0 Å². The number of aliphatic hydroxyl groups excluding tert-OH is 1. The molecule has 2 heteroatoms. The second kappa shape index (κ2) is 2.93. The first-order chi connectivity index (χ1) is 5.13. The molecular weight excluding hydrogens is 138 g/mol. The molecule has 1 rings (SSSR count). The molecule has 60 valence electrons. The van der Waals surface area contributed by atoms with Crippen molar-refractivity contribution in [2.24, 2.45) is 0 Å². The number of nitrogen functional groups attached to an aromatic ring is 1. The molecule has 1 aromatic rings. The van der Waals surface area contributed by atoms with Crippen molar-refractivity contribution in [3.63, 3.8) is 0 Å². The van der Waals surface area contributed by atoms with Crippen molar-refractivity contribution in [3.8, 4) is 0 Å². The summed E-state index contributed by atoms with van der Waals surface area (Å²) in [5.41, 5.74) is 8.27. The number of aliphatic hydroxyl groups is 1. The summed E-state index contributed by atoms with van der Waals surface area (Å²) >= 11 is 0. The zero-order valence-corrected chi connectivity index (χ0v) is 6.83. The molecule has 0 aliphatic heterocycles. The minimum absolute atomic E-state index is 0.432. The van der Waals surface area contributed by atoms with Gasteiger partial charge in [0.1, 0.15) is 0 Å². The largest absolute Gasteiger partial charge is 0.399 e. The molecule has 0 bridgehead atoms. The van der Waals surface area contributed by atoms with Crippen molar-refractivity contribution in [2.75, 3.05) is 5.73 Å². The molecule has 1 atom stereocenters. The predicted molar refractivity (Wildman–Crippen MR) is 46.2 cm³/mol. The average Bonchev–Trinajstić information content (AvgIpc) is 1.94. The maximum Gasteiger partial charge on any atom is 0.0765 e. The summed E-state index contributed by atoms with van der Waals surface area (Å²) in [5, 5.41) is 9.27. The van der Waals surface area contributed by atoms with Crippen LogP contribution in [0.5, 0.6) is 0 Å². The molecule has 3 N–H and O–H groups in total. The van der Waals surface area contributed by atoms with E-state index in [1.807, 2.05) is 25.1 Å². The van der Waals surface area contributed by atoms with Crippen molar-refractivity contribution in [3.05, 3.63) is 29.3 Å². The highest BCUT2D eigenvalue weighted by atomic mass is 16.3. The van der Waals surface area contributed by atoms with Gasteiger partial charge in [0.2, 0.25) is 0 Å². The molecule has 2 nitrogen and oxygen atoms in total. The van der Waals surface area contributed by atoms with E-state index in [-0.39, 0.29) is 0 Å². The minimum Gasteiger partial charge on any atom is -0.399 e. The number of benzene rings is 1. The second-order valence-corrected chi connectivity index (χ2v) is 2.74. The molecule has 0 fully saturated rings. The number of rotatable bonds is 1. The molecular formula is C9H13NO. The van der Waals surface area contributed by atoms with Gasteiger partial charge in [0.05, 0.1) is 6.10 Å². The van der Waals surface area contributed by atoms with Crippen molar-refractivity contribution in [2.45, 2.75) is 20.0 Å². The summed E-state index contributed by atoms with van der Waals surface area (Å²) in [7, 11) is 0. The Morgan fingerprint density at radius 1 is 1.45 bits per heavy atom. The molecule has 0 amide bonds. The Kier molecular flexibility index (Phi) is 2.15. The number of hydrogen-bond donors (Lipinski definition) is 2. The van der Waals surface area contributed by atoms with Crippen LogP contribution in [0.1, 0.15) is 24.2 Å². The fraction of sp³-hybridized carbons (Fsp3) is 0.333. The fourth-order valence-corrected chi connectivity index (χ4v) is 1.12. The number of hydrogen-bond acceptors (Lipinski definition) is 2. The van der Waals surface area contributed by atoms with Crippen molar-refractivity contribution in [1.82, 2.24) is 0 Å². The molecule has 1 unspecified atom stereocenters. The summed E-state index contributed by atoms with van der Waals surface area (Å²) in [5.74, 6) is 0. The molecule has 0 radical (unpaired) electrons. The van der Waals surface area contributed by atoms with Gasteiger partial charge in [-0.25, -0.2) is 0 Å². The van der Waals surface area contributed by atoms with Gasteiger partial charge in [0, 0.05) is 5.69 Å². The topological polar surface area (TPSA) is 46.2 Å². The molecule has 1 aromatic carbocycles. The van der Waals surface area contributed by atoms with E-state index in [4.69, 9.17) is 5.73 Å². The summed E-state index contributed by atoms with van der Waals surface area (Å²) in [6.07, 6.45) is -0.432. The normalized spacial score (nSPS) is 13.0. The lowest BCUT2D eigenvalue weighted by Gasteiger charge is -2.09. The maximum absolute atomic E-state index is 9.27. The SMILES string of the molecule is Cc1c(N)cccc1C(C)O. The molecule has 0 aliphatic carbocycles. The van der Waals surface area contributed by atoms with Crippen LogP contribution >= 0.6 is 0 Å². The van der Waals surface area contributed by atoms with E-state index >= 15 is 0 Å². The van der Waals surface area contributed by atoms with E-state index in [2.05, 4.69) is 0 Å². The van der Waals surface area contributed by atoms with Gasteiger partial charge in [-0.15, -0.1) is 0 Å². The van der Waals surface area contributed by atoms with Crippen LogP contribution in [0.15, 0.2) is 18.2 Å². The van der Waals surface area contributed by atoms with Crippen molar-refractivity contribution in [1.29, 1.82) is 0 Å². The second-order valence-electron chi connectivity index (χ2n) is 2.74. The highest BCUT2D eigenvalue weighted by molar-refractivity contribution is 5.50. The average molecular weight is 151 g/mol. The van der Waals surface area contributed by atoms with Gasteiger partial charge < -0.3 is 10.8 Å². The molecule has 11 heavy (non-hydrogen) atoms. The van der Waals surface area contributed by atoms with Crippen LogP contribution in [0, 0.1) is 6.92 Å². The van der Waals surface area contributed by atoms with Crippen LogP contribution in [0.2, 0.25) is 0 Å². The smallest absolute Gasteiger partial charge is 0.0765 e. The third kappa shape index (κ3) is 1.52. The maximum atomic E-state index is 9.27. The van der Waals surface area contributed by atoms with Crippen molar-refractivity contribution < 1.29 is 5.11 Å². The van der Waals surface area contributed by atoms with Gasteiger partial charge in [-0.1, -0.05) is 12.1 Å². The van der Waals surface area contributed by atoms with Gasteiger partial charge in [-0.3, -0.25) is 0 Å². The summed E-state index contributed by atoms with van der Waals surface area (Å²) in [6, 6.07) is 5.57. The Morgan fingerprint density at radius 3 is 2.55 bits per heavy atom. The minimum atomic E-state index is -0.432. The van der Waals surface area contributed by atoms with Crippen LogP contribution in [-0.4, -0.2) is 5.11 Å². The Hall–Kier alpha value is -1.02. The predicted octanol–water partition coefficient (Wildman–Crippen LogP) is 1.63. The van der Waals surface area contributed by atoms with E-state index in [1.165, 1.54) is 0 Å². The third-order valence-electron chi connectivity index (χ3n) is 1.87. The summed E-state index contributed by atoms with van der Waals surface area (Å²) < 4.78 is 0. The van der Waals surface area contributed by atoms with Crippen LogP contribution < -0.4 is 5.73 Å². The Bertz CT molecular complexity index is 256.